The van der Waals surface area contributed by atoms with Gasteiger partial charge in [-0.3, -0.25) is 9.78 Å². The van der Waals surface area contributed by atoms with Crippen molar-refractivity contribution < 1.29 is 9.90 Å². The number of benzene rings is 1. The maximum absolute atomic E-state index is 12.3. The van der Waals surface area contributed by atoms with Crippen molar-refractivity contribution in [1.29, 1.82) is 0 Å². The molecule has 2 N–H and O–H groups in total. The van der Waals surface area contributed by atoms with Crippen LogP contribution in [-0.2, 0) is 0 Å². The summed E-state index contributed by atoms with van der Waals surface area (Å²) >= 11 is 6.13. The quantitative estimate of drug-likeness (QED) is 0.802. The molecular weight excluding hydrogens is 300 g/mol. The fraction of sp³-hybridized carbons (Fsp3) is 0.412. The van der Waals surface area contributed by atoms with Crippen LogP contribution in [0.4, 0.5) is 0 Å². The summed E-state index contributed by atoms with van der Waals surface area (Å²) in [5.74, 6) is -0.151. The summed E-state index contributed by atoms with van der Waals surface area (Å²) in [5.41, 5.74) is 1.03. The standard InChI is InChI=1S/C17H21ClN2O2/c1-17(2,11-21)8-4-10-20-16(22)13-6-7-14(18)12-5-3-9-19-15(12)13/h3,5-7,9,21H,4,8,10-11H2,1-2H3,(H,20,22). The van der Waals surface area contributed by atoms with E-state index in [1.54, 1.807) is 24.4 Å². The Morgan fingerprint density at radius 2 is 2.14 bits per heavy atom. The number of halogens is 1. The van der Waals surface area contributed by atoms with Crippen LogP contribution in [0.1, 0.15) is 37.0 Å². The first-order valence-electron chi connectivity index (χ1n) is 7.37. The third-order valence-electron chi connectivity index (χ3n) is 3.71. The van der Waals surface area contributed by atoms with Crippen LogP contribution in [0.25, 0.3) is 10.9 Å². The zero-order chi connectivity index (χ0) is 16.2. The minimum Gasteiger partial charge on any atom is -0.396 e. The average Bonchev–Trinajstić information content (AvgIpc) is 2.52. The van der Waals surface area contributed by atoms with Gasteiger partial charge in [0.1, 0.15) is 0 Å². The monoisotopic (exact) mass is 320 g/mol. The van der Waals surface area contributed by atoms with Gasteiger partial charge in [0.05, 0.1) is 16.1 Å². The number of pyridine rings is 1. The minimum atomic E-state index is -0.151. The molecule has 1 amide bonds. The smallest absolute Gasteiger partial charge is 0.253 e. The van der Waals surface area contributed by atoms with E-state index in [4.69, 9.17) is 11.6 Å². The number of rotatable bonds is 6. The second kappa shape index (κ2) is 7.07. The Morgan fingerprint density at radius 1 is 1.36 bits per heavy atom. The molecule has 0 fully saturated rings. The van der Waals surface area contributed by atoms with E-state index in [2.05, 4.69) is 10.3 Å². The molecule has 0 saturated heterocycles. The zero-order valence-corrected chi connectivity index (χ0v) is 13.7. The lowest BCUT2D eigenvalue weighted by molar-refractivity contribution is 0.0950. The number of aliphatic hydroxyl groups excluding tert-OH is 1. The Bertz CT molecular complexity index is 671. The predicted molar refractivity (Wildman–Crippen MR) is 89.2 cm³/mol. The highest BCUT2D eigenvalue weighted by molar-refractivity contribution is 6.36. The van der Waals surface area contributed by atoms with E-state index in [0.717, 1.165) is 18.2 Å². The molecule has 0 atom stereocenters. The van der Waals surface area contributed by atoms with Crippen LogP contribution in [0.2, 0.25) is 5.02 Å². The molecule has 4 nitrogen and oxygen atoms in total. The van der Waals surface area contributed by atoms with Crippen molar-refractivity contribution >= 4 is 28.4 Å². The molecule has 0 radical (unpaired) electrons. The largest absolute Gasteiger partial charge is 0.396 e. The van der Waals surface area contributed by atoms with Gasteiger partial charge in [0, 0.05) is 24.7 Å². The Kier molecular flexibility index (Phi) is 5.37. The molecule has 0 spiro atoms. The number of hydrogen-bond donors (Lipinski definition) is 2. The van der Waals surface area contributed by atoms with Crippen molar-refractivity contribution in [2.75, 3.05) is 13.2 Å². The second-order valence-electron chi connectivity index (χ2n) is 6.18. The third kappa shape index (κ3) is 3.96. The maximum atomic E-state index is 12.3. The van der Waals surface area contributed by atoms with E-state index >= 15 is 0 Å². The lowest BCUT2D eigenvalue weighted by Gasteiger charge is -2.21. The number of carbonyl (C=O) groups excluding carboxylic acids is 1. The van der Waals surface area contributed by atoms with E-state index in [1.807, 2.05) is 19.9 Å². The van der Waals surface area contributed by atoms with Crippen LogP contribution >= 0.6 is 11.6 Å². The van der Waals surface area contributed by atoms with Gasteiger partial charge in [0.2, 0.25) is 0 Å². The van der Waals surface area contributed by atoms with Crippen molar-refractivity contribution in [2.45, 2.75) is 26.7 Å². The molecule has 0 bridgehead atoms. The normalized spacial score (nSPS) is 11.6. The molecule has 2 rings (SSSR count). The first-order chi connectivity index (χ1) is 10.4. The highest BCUT2D eigenvalue weighted by atomic mass is 35.5. The number of amides is 1. The molecule has 1 aromatic heterocycles. The molecule has 1 heterocycles. The van der Waals surface area contributed by atoms with Crippen molar-refractivity contribution in [3.05, 3.63) is 41.0 Å². The van der Waals surface area contributed by atoms with Crippen molar-refractivity contribution in [1.82, 2.24) is 10.3 Å². The number of nitrogens with zero attached hydrogens (tertiary/aromatic N) is 1. The second-order valence-corrected chi connectivity index (χ2v) is 6.58. The highest BCUT2D eigenvalue weighted by Crippen LogP contribution is 2.25. The van der Waals surface area contributed by atoms with Gasteiger partial charge in [0.15, 0.2) is 0 Å². The minimum absolute atomic E-state index is 0.112. The lowest BCUT2D eigenvalue weighted by atomic mass is 9.89. The number of nitrogens with one attached hydrogen (secondary N) is 1. The van der Waals surface area contributed by atoms with E-state index < -0.39 is 0 Å². The number of aromatic nitrogens is 1. The summed E-state index contributed by atoms with van der Waals surface area (Å²) < 4.78 is 0. The van der Waals surface area contributed by atoms with Gasteiger partial charge >= 0.3 is 0 Å². The maximum Gasteiger partial charge on any atom is 0.253 e. The van der Waals surface area contributed by atoms with Gasteiger partial charge in [0.25, 0.3) is 5.91 Å². The molecular formula is C17H21ClN2O2. The molecule has 22 heavy (non-hydrogen) atoms. The van der Waals surface area contributed by atoms with Gasteiger partial charge in [-0.2, -0.15) is 0 Å². The van der Waals surface area contributed by atoms with E-state index in [9.17, 15) is 9.90 Å². The first-order valence-corrected chi connectivity index (χ1v) is 7.75. The number of hydrogen-bond acceptors (Lipinski definition) is 3. The lowest BCUT2D eigenvalue weighted by Crippen LogP contribution is -2.26. The number of fused-ring (bicyclic) bond motifs is 1. The number of carbonyl (C=O) groups is 1. The Labute approximate surface area is 135 Å². The van der Waals surface area contributed by atoms with Gasteiger partial charge in [-0.05, 0) is 42.5 Å². The average molecular weight is 321 g/mol. The molecule has 1 aromatic carbocycles. The topological polar surface area (TPSA) is 62.2 Å². The fourth-order valence-corrected chi connectivity index (χ4v) is 2.48. The van der Waals surface area contributed by atoms with Crippen molar-refractivity contribution in [3.8, 4) is 0 Å². The summed E-state index contributed by atoms with van der Waals surface area (Å²) in [5, 5.41) is 13.5. The number of aliphatic hydroxyl groups is 1. The van der Waals surface area contributed by atoms with Crippen LogP contribution < -0.4 is 5.32 Å². The molecule has 0 aliphatic rings. The molecule has 0 unspecified atom stereocenters. The van der Waals surface area contributed by atoms with Crippen LogP contribution in [0.3, 0.4) is 0 Å². The van der Waals surface area contributed by atoms with Crippen molar-refractivity contribution in [3.63, 3.8) is 0 Å². The Morgan fingerprint density at radius 3 is 2.86 bits per heavy atom. The molecule has 2 aromatic rings. The van der Waals surface area contributed by atoms with Gasteiger partial charge in [-0.25, -0.2) is 0 Å². The molecule has 118 valence electrons. The molecule has 5 heteroatoms. The van der Waals surface area contributed by atoms with E-state index in [-0.39, 0.29) is 17.9 Å². The van der Waals surface area contributed by atoms with Crippen LogP contribution in [0.15, 0.2) is 30.5 Å². The summed E-state index contributed by atoms with van der Waals surface area (Å²) in [6, 6.07) is 7.07. The summed E-state index contributed by atoms with van der Waals surface area (Å²) in [6.07, 6.45) is 3.32. The first kappa shape index (κ1) is 16.7. The molecule has 0 aliphatic heterocycles. The van der Waals surface area contributed by atoms with Crippen LogP contribution in [0, 0.1) is 5.41 Å². The fourth-order valence-electron chi connectivity index (χ4n) is 2.26. The summed E-state index contributed by atoms with van der Waals surface area (Å²) in [4.78, 5) is 16.6. The summed E-state index contributed by atoms with van der Waals surface area (Å²) in [6.45, 7) is 4.72. The molecule has 0 aliphatic carbocycles. The van der Waals surface area contributed by atoms with Crippen LogP contribution in [0.5, 0.6) is 0 Å². The SMILES string of the molecule is CC(C)(CO)CCCNC(=O)c1ccc(Cl)c2cccnc12. The van der Waals surface area contributed by atoms with E-state index in [0.29, 0.717) is 22.6 Å². The molecule has 0 saturated carbocycles. The third-order valence-corrected chi connectivity index (χ3v) is 4.03. The van der Waals surface area contributed by atoms with Gasteiger partial charge in [-0.15, -0.1) is 0 Å². The summed E-state index contributed by atoms with van der Waals surface area (Å²) in [7, 11) is 0. The zero-order valence-electron chi connectivity index (χ0n) is 12.9. The van der Waals surface area contributed by atoms with Crippen molar-refractivity contribution in [2.24, 2.45) is 5.41 Å². The van der Waals surface area contributed by atoms with Gasteiger partial charge in [-0.1, -0.05) is 25.4 Å². The van der Waals surface area contributed by atoms with Gasteiger partial charge < -0.3 is 10.4 Å². The predicted octanol–water partition coefficient (Wildman–Crippen LogP) is 3.42. The van der Waals surface area contributed by atoms with Crippen LogP contribution in [-0.4, -0.2) is 29.1 Å². The highest BCUT2D eigenvalue weighted by Gasteiger charge is 2.16. The van der Waals surface area contributed by atoms with E-state index in [1.165, 1.54) is 0 Å². The Hall–Kier alpha value is -1.65. The Balaban J connectivity index is 2.03.